The number of piperidine rings is 2. The maximum absolute atomic E-state index is 13.6. The lowest BCUT2D eigenvalue weighted by atomic mass is 9.92. The highest BCUT2D eigenvalue weighted by atomic mass is 32.2. The van der Waals surface area contributed by atoms with Crippen molar-refractivity contribution >= 4 is 21.8 Å². The minimum absolute atomic E-state index is 0.00620. The molecule has 0 bridgehead atoms. The highest BCUT2D eigenvalue weighted by molar-refractivity contribution is 7.89. The van der Waals surface area contributed by atoms with E-state index >= 15 is 0 Å². The van der Waals surface area contributed by atoms with Crippen molar-refractivity contribution in [2.24, 2.45) is 17.6 Å². The van der Waals surface area contributed by atoms with Gasteiger partial charge in [0.05, 0.1) is 7.11 Å². The summed E-state index contributed by atoms with van der Waals surface area (Å²) < 4.78 is 45.8. The van der Waals surface area contributed by atoms with Gasteiger partial charge in [-0.3, -0.25) is 9.59 Å². The first-order valence-corrected chi connectivity index (χ1v) is 11.1. The van der Waals surface area contributed by atoms with Crippen molar-refractivity contribution in [3.63, 3.8) is 0 Å². The molecule has 0 atom stereocenters. The summed E-state index contributed by atoms with van der Waals surface area (Å²) in [6.45, 7) is 1.34. The van der Waals surface area contributed by atoms with E-state index in [1.54, 1.807) is 4.90 Å². The smallest absolute Gasteiger partial charge is 0.246 e. The summed E-state index contributed by atoms with van der Waals surface area (Å²) >= 11 is 0. The Morgan fingerprint density at radius 2 is 1.66 bits per heavy atom. The number of hydrogen-bond acceptors (Lipinski definition) is 5. The molecule has 1 aromatic carbocycles. The van der Waals surface area contributed by atoms with Crippen LogP contribution in [0.4, 0.5) is 4.39 Å². The van der Waals surface area contributed by atoms with E-state index in [0.29, 0.717) is 38.8 Å². The minimum atomic E-state index is -3.93. The number of halogens is 1. The van der Waals surface area contributed by atoms with E-state index in [4.69, 9.17) is 10.5 Å². The number of nitrogens with zero attached hydrogens (tertiary/aromatic N) is 2. The number of hydrogen-bond donors (Lipinski definition) is 1. The molecule has 2 heterocycles. The predicted octanol–water partition coefficient (Wildman–Crippen LogP) is 0.959. The van der Waals surface area contributed by atoms with E-state index in [-0.39, 0.29) is 47.4 Å². The minimum Gasteiger partial charge on any atom is -0.495 e. The number of likely N-dealkylation sites (tertiary alicyclic amines) is 1. The molecule has 0 radical (unpaired) electrons. The average molecular weight is 427 g/mol. The lowest BCUT2D eigenvalue weighted by Crippen LogP contribution is -2.47. The van der Waals surface area contributed by atoms with Crippen molar-refractivity contribution in [2.75, 3.05) is 33.3 Å². The summed E-state index contributed by atoms with van der Waals surface area (Å²) in [5.74, 6) is -1.36. The second kappa shape index (κ2) is 8.66. The van der Waals surface area contributed by atoms with Crippen LogP contribution >= 0.6 is 0 Å². The molecule has 1 aromatic rings. The van der Waals surface area contributed by atoms with Gasteiger partial charge < -0.3 is 15.4 Å². The number of amides is 2. The van der Waals surface area contributed by atoms with Gasteiger partial charge in [0.2, 0.25) is 21.8 Å². The molecular formula is C19H26FN3O5S. The Hall–Kier alpha value is -2.20. The first-order valence-electron chi connectivity index (χ1n) is 9.66. The second-order valence-corrected chi connectivity index (χ2v) is 9.38. The lowest BCUT2D eigenvalue weighted by molar-refractivity contribution is -0.139. The zero-order chi connectivity index (χ0) is 21.2. The zero-order valence-corrected chi connectivity index (χ0v) is 17.2. The van der Waals surface area contributed by atoms with E-state index in [0.717, 1.165) is 12.1 Å². The highest BCUT2D eigenvalue weighted by Gasteiger charge is 2.36. The Morgan fingerprint density at radius 3 is 2.21 bits per heavy atom. The highest BCUT2D eigenvalue weighted by Crippen LogP contribution is 2.31. The van der Waals surface area contributed by atoms with Gasteiger partial charge in [-0.2, -0.15) is 4.31 Å². The maximum atomic E-state index is 13.6. The Bertz CT molecular complexity index is 876. The number of sulfonamides is 1. The summed E-state index contributed by atoms with van der Waals surface area (Å²) in [5.41, 5.74) is 5.33. The van der Waals surface area contributed by atoms with Crippen LogP contribution in [0.3, 0.4) is 0 Å². The second-order valence-electron chi connectivity index (χ2n) is 7.48. The van der Waals surface area contributed by atoms with Crippen LogP contribution in [0.5, 0.6) is 5.75 Å². The first kappa shape index (κ1) is 21.5. The molecule has 8 nitrogen and oxygen atoms in total. The van der Waals surface area contributed by atoms with E-state index in [2.05, 4.69) is 0 Å². The Balaban J connectivity index is 1.62. The molecule has 2 saturated heterocycles. The largest absolute Gasteiger partial charge is 0.495 e. The summed E-state index contributed by atoms with van der Waals surface area (Å²) in [6.07, 6.45) is 1.91. The fraction of sp³-hybridized carbons (Fsp3) is 0.579. The van der Waals surface area contributed by atoms with Crippen LogP contribution in [0.2, 0.25) is 0 Å². The molecule has 2 aliphatic heterocycles. The number of primary amides is 1. The Kier molecular flexibility index (Phi) is 6.42. The average Bonchev–Trinajstić information content (AvgIpc) is 2.73. The maximum Gasteiger partial charge on any atom is 0.246 e. The molecule has 2 fully saturated rings. The molecule has 0 aromatic heterocycles. The molecule has 0 saturated carbocycles. The van der Waals surface area contributed by atoms with Gasteiger partial charge in [0.25, 0.3) is 0 Å². The van der Waals surface area contributed by atoms with E-state index < -0.39 is 15.8 Å². The molecule has 0 aliphatic carbocycles. The quantitative estimate of drug-likeness (QED) is 0.753. The molecule has 160 valence electrons. The Labute approximate surface area is 169 Å². The first-order chi connectivity index (χ1) is 13.7. The van der Waals surface area contributed by atoms with Crippen molar-refractivity contribution in [3.8, 4) is 5.75 Å². The van der Waals surface area contributed by atoms with Crippen LogP contribution in [0, 0.1) is 17.7 Å². The molecule has 29 heavy (non-hydrogen) atoms. The molecular weight excluding hydrogens is 401 g/mol. The van der Waals surface area contributed by atoms with E-state index in [9.17, 15) is 22.4 Å². The number of benzene rings is 1. The van der Waals surface area contributed by atoms with Gasteiger partial charge in [0, 0.05) is 38.0 Å². The third-order valence-corrected chi connectivity index (χ3v) is 7.68. The van der Waals surface area contributed by atoms with Crippen LogP contribution in [0.25, 0.3) is 0 Å². The van der Waals surface area contributed by atoms with Crippen LogP contribution in [-0.4, -0.2) is 62.7 Å². The molecule has 2 aliphatic rings. The summed E-state index contributed by atoms with van der Waals surface area (Å²) in [6, 6.07) is 3.38. The number of ether oxygens (including phenoxy) is 1. The van der Waals surface area contributed by atoms with Gasteiger partial charge in [-0.1, -0.05) is 0 Å². The van der Waals surface area contributed by atoms with Gasteiger partial charge >= 0.3 is 0 Å². The van der Waals surface area contributed by atoms with Gasteiger partial charge in [-0.05, 0) is 43.9 Å². The van der Waals surface area contributed by atoms with Crippen molar-refractivity contribution in [3.05, 3.63) is 24.0 Å². The number of carbonyl (C=O) groups is 2. The molecule has 0 spiro atoms. The standard InChI is InChI=1S/C19H26FN3O5S/c1-28-16-3-2-15(20)12-17(16)29(26,27)23-10-6-14(7-11-23)19(25)22-8-4-13(5-9-22)18(21)24/h2-3,12-14H,4-11H2,1H3,(H2,21,24). The van der Waals surface area contributed by atoms with Crippen LogP contribution < -0.4 is 10.5 Å². The van der Waals surface area contributed by atoms with E-state index in [1.807, 2.05) is 0 Å². The lowest BCUT2D eigenvalue weighted by Gasteiger charge is -2.36. The van der Waals surface area contributed by atoms with Gasteiger partial charge in [-0.25, -0.2) is 12.8 Å². The van der Waals surface area contributed by atoms with Crippen molar-refractivity contribution < 1.29 is 27.1 Å². The zero-order valence-electron chi connectivity index (χ0n) is 16.3. The molecule has 2 amide bonds. The number of carbonyl (C=O) groups excluding carboxylic acids is 2. The van der Waals surface area contributed by atoms with Crippen molar-refractivity contribution in [1.29, 1.82) is 0 Å². The third kappa shape index (κ3) is 4.53. The Morgan fingerprint density at radius 1 is 1.07 bits per heavy atom. The molecule has 2 N–H and O–H groups in total. The van der Waals surface area contributed by atoms with Gasteiger partial charge in [0.15, 0.2) is 0 Å². The molecule has 3 rings (SSSR count). The topological polar surface area (TPSA) is 110 Å². The summed E-state index contributed by atoms with van der Waals surface area (Å²) in [5, 5.41) is 0. The fourth-order valence-electron chi connectivity index (χ4n) is 3.98. The van der Waals surface area contributed by atoms with Crippen molar-refractivity contribution in [1.82, 2.24) is 9.21 Å². The SMILES string of the molecule is COc1ccc(F)cc1S(=O)(=O)N1CCC(C(=O)N2CCC(C(N)=O)CC2)CC1. The van der Waals surface area contributed by atoms with Gasteiger partial charge in [-0.15, -0.1) is 0 Å². The third-order valence-electron chi connectivity index (χ3n) is 5.76. The normalized spacial score (nSPS) is 19.9. The van der Waals surface area contributed by atoms with Crippen LogP contribution in [-0.2, 0) is 19.6 Å². The van der Waals surface area contributed by atoms with Crippen molar-refractivity contribution in [2.45, 2.75) is 30.6 Å². The summed E-state index contributed by atoms with van der Waals surface area (Å²) in [7, 11) is -2.59. The summed E-state index contributed by atoms with van der Waals surface area (Å²) in [4.78, 5) is 25.6. The number of nitrogens with two attached hydrogens (primary N) is 1. The number of methoxy groups -OCH3 is 1. The molecule has 10 heteroatoms. The number of rotatable bonds is 5. The van der Waals surface area contributed by atoms with Crippen LogP contribution in [0.15, 0.2) is 23.1 Å². The van der Waals surface area contributed by atoms with E-state index in [1.165, 1.54) is 17.5 Å². The molecule has 0 unspecified atom stereocenters. The monoisotopic (exact) mass is 427 g/mol. The fourth-order valence-corrected chi connectivity index (χ4v) is 5.61. The van der Waals surface area contributed by atoms with Crippen LogP contribution in [0.1, 0.15) is 25.7 Å². The predicted molar refractivity (Wildman–Crippen MR) is 103 cm³/mol. The van der Waals surface area contributed by atoms with Gasteiger partial charge in [0.1, 0.15) is 16.5 Å².